The van der Waals surface area contributed by atoms with Gasteiger partial charge in [-0.05, 0) is 12.8 Å². The smallest absolute Gasteiger partial charge is 0.165 e. The average molecular weight is 369 g/mol. The maximum Gasteiger partial charge on any atom is 0.165 e. The molecule has 0 fully saturated rings. The SMILES string of the molecule is OC(O)C(Br)C(Br)CCCCBr. The van der Waals surface area contributed by atoms with Crippen molar-refractivity contribution in [2.75, 3.05) is 5.33 Å². The van der Waals surface area contributed by atoms with E-state index in [1.807, 2.05) is 0 Å². The lowest BCUT2D eigenvalue weighted by Crippen LogP contribution is -2.28. The van der Waals surface area contributed by atoms with Crippen LogP contribution in [0, 0.1) is 0 Å². The van der Waals surface area contributed by atoms with Gasteiger partial charge >= 0.3 is 0 Å². The van der Waals surface area contributed by atoms with Crippen LogP contribution >= 0.6 is 47.8 Å². The number of aliphatic hydroxyl groups is 2. The molecule has 0 aliphatic rings. The van der Waals surface area contributed by atoms with Crippen LogP contribution in [-0.4, -0.2) is 31.5 Å². The number of rotatable bonds is 6. The Labute approximate surface area is 98.1 Å². The Hall–Kier alpha value is 1.36. The first-order chi connectivity index (χ1) is 5.59. The van der Waals surface area contributed by atoms with Gasteiger partial charge in [0.1, 0.15) is 0 Å². The molecule has 0 aromatic heterocycles. The van der Waals surface area contributed by atoms with Crippen LogP contribution in [0.25, 0.3) is 0 Å². The van der Waals surface area contributed by atoms with Gasteiger partial charge in [-0.25, -0.2) is 0 Å². The molecule has 0 rings (SSSR count). The first-order valence-electron chi connectivity index (χ1n) is 3.80. The van der Waals surface area contributed by atoms with Gasteiger partial charge in [0.15, 0.2) is 6.29 Å². The zero-order chi connectivity index (χ0) is 9.56. The van der Waals surface area contributed by atoms with Gasteiger partial charge in [-0.15, -0.1) is 0 Å². The quantitative estimate of drug-likeness (QED) is 0.429. The topological polar surface area (TPSA) is 40.5 Å². The largest absolute Gasteiger partial charge is 0.367 e. The Morgan fingerprint density at radius 3 is 2.08 bits per heavy atom. The van der Waals surface area contributed by atoms with Crippen LogP contribution in [0.1, 0.15) is 19.3 Å². The van der Waals surface area contributed by atoms with Gasteiger partial charge in [-0.3, -0.25) is 0 Å². The summed E-state index contributed by atoms with van der Waals surface area (Å²) in [6.07, 6.45) is 1.84. The molecule has 2 N–H and O–H groups in total. The van der Waals surface area contributed by atoms with E-state index in [-0.39, 0.29) is 9.65 Å². The molecule has 0 aromatic carbocycles. The van der Waals surface area contributed by atoms with Crippen molar-refractivity contribution in [1.82, 2.24) is 0 Å². The molecule has 0 saturated heterocycles. The fourth-order valence-corrected chi connectivity index (χ4v) is 2.04. The summed E-state index contributed by atoms with van der Waals surface area (Å²) >= 11 is 9.93. The van der Waals surface area contributed by atoms with E-state index < -0.39 is 6.29 Å². The van der Waals surface area contributed by atoms with Crippen molar-refractivity contribution in [3.8, 4) is 0 Å². The monoisotopic (exact) mass is 366 g/mol. The first kappa shape index (κ1) is 13.4. The summed E-state index contributed by atoms with van der Waals surface area (Å²) in [4.78, 5) is -0.163. The first-order valence-corrected chi connectivity index (χ1v) is 6.75. The van der Waals surface area contributed by atoms with Crippen LogP contribution in [0.3, 0.4) is 0 Å². The summed E-state index contributed by atoms with van der Waals surface area (Å²) in [6, 6.07) is 0. The predicted octanol–water partition coefficient (Wildman–Crippen LogP) is 2.39. The number of hydrogen-bond acceptors (Lipinski definition) is 2. The molecule has 0 aliphatic carbocycles. The van der Waals surface area contributed by atoms with Crippen LogP contribution in [0.5, 0.6) is 0 Å². The minimum absolute atomic E-state index is 0.122. The van der Waals surface area contributed by atoms with E-state index in [4.69, 9.17) is 10.2 Å². The molecule has 2 nitrogen and oxygen atoms in total. The molecular weight excluding hydrogens is 356 g/mol. The van der Waals surface area contributed by atoms with Crippen molar-refractivity contribution in [3.05, 3.63) is 0 Å². The number of hydrogen-bond donors (Lipinski definition) is 2. The Balaban J connectivity index is 3.49. The van der Waals surface area contributed by atoms with Gasteiger partial charge in [-0.2, -0.15) is 0 Å². The number of aliphatic hydroxyl groups excluding tert-OH is 1. The average Bonchev–Trinajstić information content (AvgIpc) is 2.03. The molecule has 5 heteroatoms. The second-order valence-corrected chi connectivity index (χ2v) is 5.59. The summed E-state index contributed by atoms with van der Waals surface area (Å²) in [5, 5.41) is 18.6. The lowest BCUT2D eigenvalue weighted by atomic mass is 10.1. The van der Waals surface area contributed by atoms with Crippen molar-refractivity contribution in [3.63, 3.8) is 0 Å². The third-order valence-electron chi connectivity index (χ3n) is 1.49. The fraction of sp³-hybridized carbons (Fsp3) is 1.00. The van der Waals surface area contributed by atoms with E-state index in [1.165, 1.54) is 0 Å². The Bertz CT molecular complexity index is 111. The van der Waals surface area contributed by atoms with Gasteiger partial charge in [0, 0.05) is 10.2 Å². The summed E-state index contributed by atoms with van der Waals surface area (Å²) in [5.74, 6) is 0. The number of alkyl halides is 3. The predicted molar refractivity (Wildman–Crippen MR) is 61.3 cm³/mol. The molecule has 2 atom stereocenters. The van der Waals surface area contributed by atoms with Crippen LogP contribution < -0.4 is 0 Å². The summed E-state index contributed by atoms with van der Waals surface area (Å²) < 4.78 is 0. The minimum atomic E-state index is -1.29. The van der Waals surface area contributed by atoms with E-state index >= 15 is 0 Å². The normalized spacial score (nSPS) is 16.5. The highest BCUT2D eigenvalue weighted by atomic mass is 79.9. The molecule has 0 heterocycles. The summed E-state index contributed by atoms with van der Waals surface area (Å²) in [6.45, 7) is 0. The molecule has 0 saturated carbocycles. The molecule has 0 spiro atoms. The van der Waals surface area contributed by atoms with Crippen molar-refractivity contribution < 1.29 is 10.2 Å². The number of halogens is 3. The zero-order valence-electron chi connectivity index (χ0n) is 6.59. The van der Waals surface area contributed by atoms with Crippen LogP contribution in [-0.2, 0) is 0 Å². The van der Waals surface area contributed by atoms with Gasteiger partial charge in [0.05, 0.1) is 4.83 Å². The lowest BCUT2D eigenvalue weighted by Gasteiger charge is -2.17. The standard InChI is InChI=1S/C7H13Br3O2/c8-4-2-1-3-5(9)6(10)7(11)12/h5-7,11-12H,1-4H2. The molecule has 12 heavy (non-hydrogen) atoms. The molecule has 74 valence electrons. The Morgan fingerprint density at radius 1 is 1.08 bits per heavy atom. The van der Waals surface area contributed by atoms with Crippen LogP contribution in [0.4, 0.5) is 0 Å². The van der Waals surface area contributed by atoms with E-state index in [1.54, 1.807) is 0 Å². The third-order valence-corrected chi connectivity index (χ3v) is 4.90. The molecule has 0 amide bonds. The lowest BCUT2D eigenvalue weighted by molar-refractivity contribution is -0.0386. The van der Waals surface area contributed by atoms with Crippen LogP contribution in [0.15, 0.2) is 0 Å². The molecule has 2 unspecified atom stereocenters. The zero-order valence-corrected chi connectivity index (χ0v) is 11.3. The highest BCUT2D eigenvalue weighted by Gasteiger charge is 2.21. The van der Waals surface area contributed by atoms with Crippen LogP contribution in [0.2, 0.25) is 0 Å². The van der Waals surface area contributed by atoms with Gasteiger partial charge in [-0.1, -0.05) is 54.2 Å². The molecular formula is C7H13Br3O2. The summed E-state index contributed by atoms with van der Waals surface area (Å²) in [5.41, 5.74) is 0. The molecule has 0 aromatic rings. The maximum absolute atomic E-state index is 8.82. The van der Waals surface area contributed by atoms with Gasteiger partial charge < -0.3 is 10.2 Å². The van der Waals surface area contributed by atoms with E-state index in [2.05, 4.69) is 47.8 Å². The summed E-state index contributed by atoms with van der Waals surface area (Å²) in [7, 11) is 0. The minimum Gasteiger partial charge on any atom is -0.367 e. The van der Waals surface area contributed by atoms with E-state index in [0.717, 1.165) is 24.6 Å². The Morgan fingerprint density at radius 2 is 1.67 bits per heavy atom. The highest BCUT2D eigenvalue weighted by molar-refractivity contribution is 9.12. The van der Waals surface area contributed by atoms with Gasteiger partial charge in [0.25, 0.3) is 0 Å². The van der Waals surface area contributed by atoms with Crippen molar-refractivity contribution >= 4 is 47.8 Å². The number of unbranched alkanes of at least 4 members (excludes halogenated alkanes) is 1. The van der Waals surface area contributed by atoms with E-state index in [9.17, 15) is 0 Å². The van der Waals surface area contributed by atoms with Crippen molar-refractivity contribution in [1.29, 1.82) is 0 Å². The highest BCUT2D eigenvalue weighted by Crippen LogP contribution is 2.22. The maximum atomic E-state index is 8.82. The second kappa shape index (κ2) is 7.74. The third kappa shape index (κ3) is 5.91. The fourth-order valence-electron chi connectivity index (χ4n) is 0.780. The van der Waals surface area contributed by atoms with Crippen molar-refractivity contribution in [2.24, 2.45) is 0 Å². The van der Waals surface area contributed by atoms with Gasteiger partial charge in [0.2, 0.25) is 0 Å². The van der Waals surface area contributed by atoms with Crippen molar-refractivity contribution in [2.45, 2.75) is 35.2 Å². The molecule has 0 bridgehead atoms. The molecule has 0 aliphatic heterocycles. The molecule has 0 radical (unpaired) electrons. The van der Waals surface area contributed by atoms with E-state index in [0.29, 0.717) is 0 Å². The Kier molecular flexibility index (Phi) is 8.61. The second-order valence-electron chi connectivity index (χ2n) is 2.56.